The third-order valence-corrected chi connectivity index (χ3v) is 4.59. The van der Waals surface area contributed by atoms with Crippen molar-refractivity contribution in [2.45, 2.75) is 25.8 Å². The molecule has 1 heterocycles. The predicted molar refractivity (Wildman–Crippen MR) is 108 cm³/mol. The second-order valence-corrected chi connectivity index (χ2v) is 6.93. The summed E-state index contributed by atoms with van der Waals surface area (Å²) in [5, 5.41) is 12.6. The SMILES string of the molecule is CC(C)c1ccccc1Oc1ccccc1C(=O)NC(CO)c1cncn1C. The Morgan fingerprint density at radius 3 is 2.46 bits per heavy atom. The molecule has 3 aromatic rings. The van der Waals surface area contributed by atoms with Crippen LogP contribution in [0.15, 0.2) is 61.1 Å². The van der Waals surface area contributed by atoms with E-state index in [1.807, 2.05) is 37.4 Å². The second-order valence-electron chi connectivity index (χ2n) is 6.93. The van der Waals surface area contributed by atoms with Gasteiger partial charge in [0.2, 0.25) is 0 Å². The van der Waals surface area contributed by atoms with Crippen LogP contribution in [0, 0.1) is 0 Å². The third-order valence-electron chi connectivity index (χ3n) is 4.59. The number of hydrogen-bond donors (Lipinski definition) is 2. The highest BCUT2D eigenvalue weighted by atomic mass is 16.5. The van der Waals surface area contributed by atoms with Crippen LogP contribution in [0.5, 0.6) is 11.5 Å². The number of nitrogens with one attached hydrogen (secondary N) is 1. The number of hydrogen-bond acceptors (Lipinski definition) is 4. The van der Waals surface area contributed by atoms with E-state index in [0.717, 1.165) is 17.0 Å². The lowest BCUT2D eigenvalue weighted by molar-refractivity contribution is 0.0911. The fourth-order valence-electron chi connectivity index (χ4n) is 3.06. The lowest BCUT2D eigenvalue weighted by Crippen LogP contribution is -2.32. The zero-order valence-corrected chi connectivity index (χ0v) is 16.3. The van der Waals surface area contributed by atoms with E-state index in [1.54, 1.807) is 35.3 Å². The summed E-state index contributed by atoms with van der Waals surface area (Å²) in [5.74, 6) is 1.16. The van der Waals surface area contributed by atoms with Crippen LogP contribution >= 0.6 is 0 Å². The molecule has 0 aliphatic rings. The first kappa shape index (κ1) is 19.6. The van der Waals surface area contributed by atoms with E-state index < -0.39 is 6.04 Å². The molecular weight excluding hydrogens is 354 g/mol. The number of carbonyl (C=O) groups excluding carboxylic acids is 1. The molecule has 2 N–H and O–H groups in total. The molecule has 0 saturated heterocycles. The average molecular weight is 379 g/mol. The van der Waals surface area contributed by atoms with E-state index in [-0.39, 0.29) is 12.5 Å². The Bertz CT molecular complexity index is 949. The maximum atomic E-state index is 12.9. The molecule has 3 rings (SSSR count). The zero-order chi connectivity index (χ0) is 20.1. The minimum absolute atomic E-state index is 0.232. The van der Waals surface area contributed by atoms with Crippen molar-refractivity contribution < 1.29 is 14.6 Å². The molecule has 0 aliphatic heterocycles. The van der Waals surface area contributed by atoms with E-state index in [0.29, 0.717) is 17.2 Å². The van der Waals surface area contributed by atoms with Gasteiger partial charge >= 0.3 is 0 Å². The topological polar surface area (TPSA) is 76.4 Å². The molecule has 28 heavy (non-hydrogen) atoms. The van der Waals surface area contributed by atoms with Gasteiger partial charge < -0.3 is 19.7 Å². The summed E-state index contributed by atoms with van der Waals surface area (Å²) >= 11 is 0. The molecular formula is C22H25N3O3. The number of aromatic nitrogens is 2. The van der Waals surface area contributed by atoms with E-state index in [1.165, 1.54) is 0 Å². The monoisotopic (exact) mass is 379 g/mol. The number of nitrogens with zero attached hydrogens (tertiary/aromatic N) is 2. The molecule has 2 aromatic carbocycles. The van der Waals surface area contributed by atoms with Gasteiger partial charge in [0.1, 0.15) is 11.5 Å². The van der Waals surface area contributed by atoms with Gasteiger partial charge in [0.15, 0.2) is 0 Å². The van der Waals surface area contributed by atoms with Gasteiger partial charge in [-0.3, -0.25) is 4.79 Å². The van der Waals surface area contributed by atoms with Gasteiger partial charge in [0.05, 0.1) is 36.4 Å². The van der Waals surface area contributed by atoms with Crippen molar-refractivity contribution >= 4 is 5.91 Å². The molecule has 0 aliphatic carbocycles. The van der Waals surface area contributed by atoms with Crippen LogP contribution in [0.25, 0.3) is 0 Å². The number of benzene rings is 2. The number of aryl methyl sites for hydroxylation is 1. The highest BCUT2D eigenvalue weighted by Gasteiger charge is 2.20. The average Bonchev–Trinajstić information content (AvgIpc) is 3.12. The summed E-state index contributed by atoms with van der Waals surface area (Å²) in [4.78, 5) is 17.0. The van der Waals surface area contributed by atoms with Crippen molar-refractivity contribution in [3.63, 3.8) is 0 Å². The number of aliphatic hydroxyl groups is 1. The Kier molecular flexibility index (Phi) is 6.11. The fraction of sp³-hybridized carbons (Fsp3) is 0.273. The molecule has 1 unspecified atom stereocenters. The smallest absolute Gasteiger partial charge is 0.255 e. The van der Waals surface area contributed by atoms with Gasteiger partial charge in [-0.05, 0) is 29.7 Å². The van der Waals surface area contributed by atoms with Crippen molar-refractivity contribution in [3.8, 4) is 11.5 Å². The normalized spacial score (nSPS) is 12.0. The van der Waals surface area contributed by atoms with E-state index in [9.17, 15) is 9.90 Å². The van der Waals surface area contributed by atoms with Crippen molar-refractivity contribution in [2.75, 3.05) is 6.61 Å². The fourth-order valence-corrected chi connectivity index (χ4v) is 3.06. The number of para-hydroxylation sites is 2. The number of amides is 1. The Hall–Kier alpha value is -3.12. The predicted octanol–water partition coefficient (Wildman–Crippen LogP) is 3.80. The maximum Gasteiger partial charge on any atom is 0.255 e. The van der Waals surface area contributed by atoms with Gasteiger partial charge in [-0.1, -0.05) is 44.2 Å². The van der Waals surface area contributed by atoms with E-state index in [2.05, 4.69) is 24.1 Å². The molecule has 6 nitrogen and oxygen atoms in total. The summed E-state index contributed by atoms with van der Waals surface area (Å²) in [5.41, 5.74) is 2.20. The minimum atomic E-state index is -0.559. The number of carbonyl (C=O) groups is 1. The van der Waals surface area contributed by atoms with Crippen molar-refractivity contribution in [1.82, 2.24) is 14.9 Å². The molecule has 146 valence electrons. The Balaban J connectivity index is 1.86. The van der Waals surface area contributed by atoms with Crippen LogP contribution in [-0.2, 0) is 7.05 Å². The summed E-state index contributed by atoms with van der Waals surface area (Å²) in [6, 6.07) is 14.3. The minimum Gasteiger partial charge on any atom is -0.456 e. The van der Waals surface area contributed by atoms with Crippen molar-refractivity contribution in [2.24, 2.45) is 7.05 Å². The molecule has 0 fully saturated rings. The van der Waals surface area contributed by atoms with Crippen LogP contribution in [0.2, 0.25) is 0 Å². The lowest BCUT2D eigenvalue weighted by atomic mass is 10.0. The van der Waals surface area contributed by atoms with Gasteiger partial charge in [-0.25, -0.2) is 4.98 Å². The van der Waals surface area contributed by atoms with Gasteiger partial charge in [-0.2, -0.15) is 0 Å². The lowest BCUT2D eigenvalue weighted by Gasteiger charge is -2.19. The van der Waals surface area contributed by atoms with Crippen molar-refractivity contribution in [1.29, 1.82) is 0 Å². The van der Waals surface area contributed by atoms with Gasteiger partial charge in [0.25, 0.3) is 5.91 Å². The number of rotatable bonds is 7. The van der Waals surface area contributed by atoms with E-state index in [4.69, 9.17) is 4.74 Å². The Morgan fingerprint density at radius 1 is 1.14 bits per heavy atom. The first-order valence-corrected chi connectivity index (χ1v) is 9.25. The van der Waals surface area contributed by atoms with E-state index >= 15 is 0 Å². The Labute approximate surface area is 164 Å². The van der Waals surface area contributed by atoms with Crippen LogP contribution < -0.4 is 10.1 Å². The van der Waals surface area contributed by atoms with Crippen LogP contribution in [0.3, 0.4) is 0 Å². The standard InChI is InChI=1S/C22H25N3O3/c1-15(2)16-8-4-6-10-20(16)28-21-11-7-5-9-17(21)22(27)24-18(13-26)19-12-23-14-25(19)3/h4-12,14-15,18,26H,13H2,1-3H3,(H,24,27). The van der Waals surface area contributed by atoms with Crippen LogP contribution in [-0.4, -0.2) is 27.2 Å². The molecule has 0 spiro atoms. The zero-order valence-electron chi connectivity index (χ0n) is 16.3. The van der Waals surface area contributed by atoms with Crippen LogP contribution in [0.4, 0.5) is 0 Å². The number of ether oxygens (including phenoxy) is 1. The second kappa shape index (κ2) is 8.71. The molecule has 6 heteroatoms. The molecule has 0 saturated carbocycles. The summed E-state index contributed by atoms with van der Waals surface area (Å²) < 4.78 is 7.88. The molecule has 1 amide bonds. The summed E-state index contributed by atoms with van der Waals surface area (Å²) in [6.07, 6.45) is 3.26. The van der Waals surface area contributed by atoms with Gasteiger partial charge in [-0.15, -0.1) is 0 Å². The molecule has 1 atom stereocenters. The number of aliphatic hydroxyl groups excluding tert-OH is 1. The largest absolute Gasteiger partial charge is 0.456 e. The van der Waals surface area contributed by atoms with Gasteiger partial charge in [0, 0.05) is 7.05 Å². The highest BCUT2D eigenvalue weighted by molar-refractivity contribution is 5.97. The maximum absolute atomic E-state index is 12.9. The highest BCUT2D eigenvalue weighted by Crippen LogP contribution is 2.32. The molecule has 0 bridgehead atoms. The third kappa shape index (κ3) is 4.23. The van der Waals surface area contributed by atoms with Crippen molar-refractivity contribution in [3.05, 3.63) is 77.9 Å². The molecule has 0 radical (unpaired) electrons. The quantitative estimate of drug-likeness (QED) is 0.655. The first-order valence-electron chi connectivity index (χ1n) is 9.25. The summed E-state index contributed by atoms with van der Waals surface area (Å²) in [7, 11) is 1.82. The Morgan fingerprint density at radius 2 is 1.82 bits per heavy atom. The first-order chi connectivity index (χ1) is 13.5. The molecule has 1 aromatic heterocycles. The summed E-state index contributed by atoms with van der Waals surface area (Å²) in [6.45, 7) is 3.96. The number of imidazole rings is 1. The van der Waals surface area contributed by atoms with Crippen LogP contribution in [0.1, 0.15) is 47.4 Å².